The van der Waals surface area contributed by atoms with E-state index in [0.717, 1.165) is 16.1 Å². The number of halogens is 2. The van der Waals surface area contributed by atoms with Crippen LogP contribution in [0, 0.1) is 5.82 Å². The number of benzene rings is 2. The van der Waals surface area contributed by atoms with Crippen molar-refractivity contribution in [1.29, 1.82) is 0 Å². The molecule has 0 N–H and O–H groups in total. The first-order valence-corrected chi connectivity index (χ1v) is 11.5. The molecule has 156 valence electrons. The third-order valence-electron chi connectivity index (χ3n) is 4.85. The SMILES string of the molecule is CN(CC(=O)N1CCN(S(=O)(=O)c2ccccc2F)CC1)Cc1ccccc1Br. The summed E-state index contributed by atoms with van der Waals surface area (Å²) in [5.41, 5.74) is 1.09. The third-order valence-corrected chi connectivity index (χ3v) is 7.55. The normalized spacial score (nSPS) is 15.7. The molecule has 1 saturated heterocycles. The molecule has 0 atom stereocenters. The number of likely N-dealkylation sites (N-methyl/N-ethyl adjacent to an activating group) is 1. The highest BCUT2D eigenvalue weighted by atomic mass is 79.9. The second-order valence-corrected chi connectivity index (χ2v) is 9.74. The van der Waals surface area contributed by atoms with Gasteiger partial charge in [0.05, 0.1) is 6.54 Å². The van der Waals surface area contributed by atoms with Crippen LogP contribution in [-0.4, -0.2) is 68.2 Å². The molecule has 1 amide bonds. The molecule has 1 fully saturated rings. The van der Waals surface area contributed by atoms with Gasteiger partial charge in [-0.3, -0.25) is 9.69 Å². The molecule has 0 unspecified atom stereocenters. The van der Waals surface area contributed by atoms with Gasteiger partial charge in [0.15, 0.2) is 0 Å². The number of carbonyl (C=O) groups excluding carboxylic acids is 1. The number of piperazine rings is 1. The molecule has 6 nitrogen and oxygen atoms in total. The molecule has 9 heteroatoms. The third kappa shape index (κ3) is 5.22. The van der Waals surface area contributed by atoms with Crippen LogP contribution in [0.2, 0.25) is 0 Å². The number of carbonyl (C=O) groups is 1. The summed E-state index contributed by atoms with van der Waals surface area (Å²) in [5.74, 6) is -0.817. The zero-order valence-corrected chi connectivity index (χ0v) is 18.5. The van der Waals surface area contributed by atoms with Crippen LogP contribution in [0.5, 0.6) is 0 Å². The van der Waals surface area contributed by atoms with E-state index in [-0.39, 0.29) is 43.5 Å². The zero-order chi connectivity index (χ0) is 21.0. The molecule has 2 aromatic carbocycles. The predicted octanol–water partition coefficient (Wildman–Crippen LogP) is 2.55. The topological polar surface area (TPSA) is 60.9 Å². The van der Waals surface area contributed by atoms with Crippen molar-refractivity contribution in [2.24, 2.45) is 0 Å². The van der Waals surface area contributed by atoms with E-state index in [4.69, 9.17) is 0 Å². The summed E-state index contributed by atoms with van der Waals surface area (Å²) in [6, 6.07) is 13.2. The molecule has 0 aliphatic carbocycles. The molecule has 2 aromatic rings. The van der Waals surface area contributed by atoms with Crippen LogP contribution in [0.1, 0.15) is 5.56 Å². The van der Waals surface area contributed by atoms with Crippen LogP contribution in [0.4, 0.5) is 4.39 Å². The Kier molecular flexibility index (Phi) is 7.05. The van der Waals surface area contributed by atoms with Crippen LogP contribution in [-0.2, 0) is 21.4 Å². The van der Waals surface area contributed by atoms with Gasteiger partial charge in [-0.25, -0.2) is 12.8 Å². The second-order valence-electron chi connectivity index (χ2n) is 6.98. The first kappa shape index (κ1) is 21.9. The maximum atomic E-state index is 13.9. The Morgan fingerprint density at radius 3 is 2.34 bits per heavy atom. The minimum atomic E-state index is -3.91. The van der Waals surface area contributed by atoms with E-state index >= 15 is 0 Å². The van der Waals surface area contributed by atoms with Gasteiger partial charge in [0, 0.05) is 37.2 Å². The van der Waals surface area contributed by atoms with Crippen molar-refractivity contribution in [1.82, 2.24) is 14.1 Å². The molecule has 0 spiro atoms. The van der Waals surface area contributed by atoms with Crippen molar-refractivity contribution in [2.75, 3.05) is 39.8 Å². The van der Waals surface area contributed by atoms with Crippen molar-refractivity contribution in [3.8, 4) is 0 Å². The minimum absolute atomic E-state index is 0.0532. The van der Waals surface area contributed by atoms with Gasteiger partial charge in [-0.15, -0.1) is 0 Å². The van der Waals surface area contributed by atoms with E-state index < -0.39 is 15.8 Å². The summed E-state index contributed by atoms with van der Waals surface area (Å²) < 4.78 is 41.5. The van der Waals surface area contributed by atoms with Crippen molar-refractivity contribution >= 4 is 31.9 Å². The minimum Gasteiger partial charge on any atom is -0.339 e. The molecule has 0 aromatic heterocycles. The first-order chi connectivity index (χ1) is 13.8. The van der Waals surface area contributed by atoms with Gasteiger partial charge in [-0.1, -0.05) is 46.3 Å². The number of rotatable bonds is 6. The maximum Gasteiger partial charge on any atom is 0.246 e. The number of sulfonamides is 1. The Morgan fingerprint density at radius 1 is 1.07 bits per heavy atom. The fraction of sp³-hybridized carbons (Fsp3) is 0.350. The van der Waals surface area contributed by atoms with Crippen LogP contribution in [0.25, 0.3) is 0 Å². The molecule has 1 heterocycles. The van der Waals surface area contributed by atoms with Crippen molar-refractivity contribution < 1.29 is 17.6 Å². The van der Waals surface area contributed by atoms with Gasteiger partial charge in [0.25, 0.3) is 0 Å². The van der Waals surface area contributed by atoms with Gasteiger partial charge in [0.1, 0.15) is 10.7 Å². The Morgan fingerprint density at radius 2 is 1.69 bits per heavy atom. The zero-order valence-electron chi connectivity index (χ0n) is 16.1. The number of hydrogen-bond acceptors (Lipinski definition) is 4. The van der Waals surface area contributed by atoms with Crippen LogP contribution in [0.15, 0.2) is 57.9 Å². The Labute approximate surface area is 179 Å². The van der Waals surface area contributed by atoms with Crippen LogP contribution in [0.3, 0.4) is 0 Å². The van der Waals surface area contributed by atoms with E-state index in [9.17, 15) is 17.6 Å². The molecule has 1 aliphatic rings. The first-order valence-electron chi connectivity index (χ1n) is 9.23. The summed E-state index contributed by atoms with van der Waals surface area (Å²) in [5, 5.41) is 0. The lowest BCUT2D eigenvalue weighted by atomic mass is 10.2. The Bertz CT molecular complexity index is 978. The highest BCUT2D eigenvalue weighted by Crippen LogP contribution is 2.21. The molecule has 3 rings (SSSR count). The smallest absolute Gasteiger partial charge is 0.246 e. The lowest BCUT2D eigenvalue weighted by Gasteiger charge is -2.34. The molecule has 0 bridgehead atoms. The van der Waals surface area contributed by atoms with Crippen molar-refractivity contribution in [3.63, 3.8) is 0 Å². The highest BCUT2D eigenvalue weighted by Gasteiger charge is 2.31. The average Bonchev–Trinajstić information content (AvgIpc) is 2.70. The number of nitrogens with zero attached hydrogens (tertiary/aromatic N) is 3. The van der Waals surface area contributed by atoms with Gasteiger partial charge >= 0.3 is 0 Å². The van der Waals surface area contributed by atoms with E-state index in [1.54, 1.807) is 4.90 Å². The Hall–Kier alpha value is -1.81. The second kappa shape index (κ2) is 9.34. The summed E-state index contributed by atoms with van der Waals surface area (Å²) in [6.45, 7) is 1.73. The monoisotopic (exact) mass is 483 g/mol. The van der Waals surface area contributed by atoms with E-state index in [1.807, 2.05) is 36.2 Å². The maximum absolute atomic E-state index is 13.9. The van der Waals surface area contributed by atoms with Crippen LogP contribution < -0.4 is 0 Å². The van der Waals surface area contributed by atoms with E-state index in [0.29, 0.717) is 6.54 Å². The van der Waals surface area contributed by atoms with Crippen LogP contribution >= 0.6 is 15.9 Å². The molecule has 0 saturated carbocycles. The number of hydrogen-bond donors (Lipinski definition) is 0. The molecule has 1 aliphatic heterocycles. The van der Waals surface area contributed by atoms with Crippen molar-refractivity contribution in [3.05, 3.63) is 64.4 Å². The number of amides is 1. The Balaban J connectivity index is 1.55. The fourth-order valence-corrected chi connectivity index (χ4v) is 5.17. The van der Waals surface area contributed by atoms with E-state index in [1.165, 1.54) is 22.5 Å². The predicted molar refractivity (Wildman–Crippen MR) is 112 cm³/mol. The van der Waals surface area contributed by atoms with Gasteiger partial charge in [0.2, 0.25) is 15.9 Å². The quantitative estimate of drug-likeness (QED) is 0.633. The van der Waals surface area contributed by atoms with Gasteiger partial charge in [-0.2, -0.15) is 4.31 Å². The molecular weight excluding hydrogens is 461 g/mol. The summed E-state index contributed by atoms with van der Waals surface area (Å²) in [6.07, 6.45) is 0. The summed E-state index contributed by atoms with van der Waals surface area (Å²) >= 11 is 3.51. The lowest BCUT2D eigenvalue weighted by molar-refractivity contribution is -0.133. The largest absolute Gasteiger partial charge is 0.339 e. The summed E-state index contributed by atoms with van der Waals surface area (Å²) in [4.78, 5) is 15.9. The van der Waals surface area contributed by atoms with Gasteiger partial charge in [-0.05, 0) is 30.8 Å². The summed E-state index contributed by atoms with van der Waals surface area (Å²) in [7, 11) is -2.03. The van der Waals surface area contributed by atoms with E-state index in [2.05, 4.69) is 15.9 Å². The highest BCUT2D eigenvalue weighted by molar-refractivity contribution is 9.10. The molecule has 29 heavy (non-hydrogen) atoms. The molecular formula is C20H23BrFN3O3S. The fourth-order valence-electron chi connectivity index (χ4n) is 3.28. The molecule has 0 radical (unpaired) electrons. The standard InChI is InChI=1S/C20H23BrFN3O3S/c1-23(14-16-6-2-3-7-17(16)21)15-20(26)24-10-12-25(13-11-24)29(27,28)19-9-5-4-8-18(19)22/h2-9H,10-15H2,1H3. The van der Waals surface area contributed by atoms with Gasteiger partial charge < -0.3 is 4.90 Å². The van der Waals surface area contributed by atoms with Crippen molar-refractivity contribution in [2.45, 2.75) is 11.4 Å². The lowest BCUT2D eigenvalue weighted by Crippen LogP contribution is -2.52. The average molecular weight is 484 g/mol.